The first-order valence-corrected chi connectivity index (χ1v) is 6.35. The van der Waals surface area contributed by atoms with E-state index < -0.39 is 0 Å². The fourth-order valence-electron chi connectivity index (χ4n) is 2.16. The second-order valence-electron chi connectivity index (χ2n) is 4.37. The first-order valence-electron chi connectivity index (χ1n) is 6.35. The molecule has 0 atom stereocenters. The van der Waals surface area contributed by atoms with Gasteiger partial charge in [-0.2, -0.15) is 0 Å². The number of nitrogens with one attached hydrogen (secondary N) is 2. The van der Waals surface area contributed by atoms with Crippen molar-refractivity contribution in [1.29, 1.82) is 0 Å². The first-order chi connectivity index (χ1) is 8.72. The van der Waals surface area contributed by atoms with Gasteiger partial charge in [0.05, 0.1) is 11.3 Å². The number of nitrogen functional groups attached to an aromatic ring is 1. The van der Waals surface area contributed by atoms with Gasteiger partial charge < -0.3 is 21.3 Å². The average Bonchev–Trinajstić information content (AvgIpc) is 2.40. The molecule has 1 aromatic rings. The first kappa shape index (κ1) is 12.7. The minimum absolute atomic E-state index is 0.0361. The maximum atomic E-state index is 12.0. The molecule has 0 saturated carbocycles. The zero-order chi connectivity index (χ0) is 13.0. The number of rotatable bonds is 3. The van der Waals surface area contributed by atoms with Crippen LogP contribution in [0.2, 0.25) is 0 Å². The van der Waals surface area contributed by atoms with Gasteiger partial charge in [0.2, 0.25) is 0 Å². The zero-order valence-corrected chi connectivity index (χ0v) is 10.7. The average molecular weight is 248 g/mol. The maximum absolute atomic E-state index is 12.0. The maximum Gasteiger partial charge on any atom is 0.253 e. The van der Waals surface area contributed by atoms with Gasteiger partial charge in [0.25, 0.3) is 5.91 Å². The zero-order valence-electron chi connectivity index (χ0n) is 10.7. The van der Waals surface area contributed by atoms with Crippen LogP contribution < -0.4 is 21.3 Å². The van der Waals surface area contributed by atoms with Crippen LogP contribution >= 0.6 is 0 Å². The third-order valence-corrected chi connectivity index (χ3v) is 3.06. The topological polar surface area (TPSA) is 70.4 Å². The molecule has 0 bridgehead atoms. The Labute approximate surface area is 107 Å². The molecular formula is C13H20N4O. The van der Waals surface area contributed by atoms with Gasteiger partial charge in [-0.15, -0.1) is 0 Å². The Morgan fingerprint density at radius 1 is 1.44 bits per heavy atom. The Hall–Kier alpha value is -1.75. The van der Waals surface area contributed by atoms with Gasteiger partial charge in [-0.25, -0.2) is 0 Å². The number of piperazine rings is 1. The standard InChI is InChI=1S/C13H20N4O/c1-2-16-13(18)11-4-3-10(14)9-12(11)17-7-5-15-6-8-17/h3-4,9,15H,2,5-8,14H2,1H3,(H,16,18). The van der Waals surface area contributed by atoms with E-state index in [4.69, 9.17) is 5.73 Å². The van der Waals surface area contributed by atoms with Crippen molar-refractivity contribution in [3.63, 3.8) is 0 Å². The third-order valence-electron chi connectivity index (χ3n) is 3.06. The predicted molar refractivity (Wildman–Crippen MR) is 73.9 cm³/mol. The molecule has 1 aliphatic heterocycles. The lowest BCUT2D eigenvalue weighted by molar-refractivity contribution is 0.0956. The van der Waals surface area contributed by atoms with Crippen molar-refractivity contribution >= 4 is 17.3 Å². The number of anilines is 2. The summed E-state index contributed by atoms with van der Waals surface area (Å²) >= 11 is 0. The third kappa shape index (κ3) is 2.73. The summed E-state index contributed by atoms with van der Waals surface area (Å²) in [6.07, 6.45) is 0. The summed E-state index contributed by atoms with van der Waals surface area (Å²) in [6, 6.07) is 5.46. The molecule has 1 amide bonds. The van der Waals surface area contributed by atoms with Crippen LogP contribution in [0.3, 0.4) is 0 Å². The number of benzene rings is 1. The SMILES string of the molecule is CCNC(=O)c1ccc(N)cc1N1CCNCC1. The van der Waals surface area contributed by atoms with Crippen molar-refractivity contribution in [3.8, 4) is 0 Å². The number of hydrogen-bond donors (Lipinski definition) is 3. The Morgan fingerprint density at radius 3 is 2.83 bits per heavy atom. The minimum Gasteiger partial charge on any atom is -0.399 e. The fraction of sp³-hybridized carbons (Fsp3) is 0.462. The molecule has 0 aliphatic carbocycles. The van der Waals surface area contributed by atoms with Gasteiger partial charge in [0, 0.05) is 38.4 Å². The quantitative estimate of drug-likeness (QED) is 0.678. The summed E-state index contributed by atoms with van der Waals surface area (Å²) in [6.45, 7) is 6.21. The molecule has 1 heterocycles. The van der Waals surface area contributed by atoms with Crippen LogP contribution in [0.25, 0.3) is 0 Å². The number of hydrogen-bond acceptors (Lipinski definition) is 4. The number of carbonyl (C=O) groups is 1. The van der Waals surface area contributed by atoms with Crippen LogP contribution in [0.5, 0.6) is 0 Å². The lowest BCUT2D eigenvalue weighted by Crippen LogP contribution is -2.44. The molecule has 98 valence electrons. The predicted octanol–water partition coefficient (Wildman–Crippen LogP) is 0.428. The van der Waals surface area contributed by atoms with Crippen LogP contribution in [0, 0.1) is 0 Å². The van der Waals surface area contributed by atoms with Gasteiger partial charge in [-0.3, -0.25) is 4.79 Å². The summed E-state index contributed by atoms with van der Waals surface area (Å²) in [5.41, 5.74) is 8.16. The van der Waals surface area contributed by atoms with Crippen molar-refractivity contribution in [2.45, 2.75) is 6.92 Å². The van der Waals surface area contributed by atoms with E-state index in [0.29, 0.717) is 17.8 Å². The summed E-state index contributed by atoms with van der Waals surface area (Å²) in [5, 5.41) is 6.14. The van der Waals surface area contributed by atoms with Gasteiger partial charge >= 0.3 is 0 Å². The lowest BCUT2D eigenvalue weighted by atomic mass is 10.1. The number of nitrogens with two attached hydrogens (primary N) is 1. The molecule has 1 aliphatic rings. The highest BCUT2D eigenvalue weighted by Crippen LogP contribution is 2.24. The smallest absolute Gasteiger partial charge is 0.253 e. The normalized spacial score (nSPS) is 15.5. The van der Waals surface area contributed by atoms with E-state index in [0.717, 1.165) is 31.9 Å². The van der Waals surface area contributed by atoms with E-state index in [9.17, 15) is 4.79 Å². The van der Waals surface area contributed by atoms with E-state index in [1.807, 2.05) is 13.0 Å². The summed E-state index contributed by atoms with van der Waals surface area (Å²) in [7, 11) is 0. The lowest BCUT2D eigenvalue weighted by Gasteiger charge is -2.31. The van der Waals surface area contributed by atoms with Gasteiger partial charge in [-0.05, 0) is 25.1 Å². The molecule has 4 N–H and O–H groups in total. The number of carbonyl (C=O) groups excluding carboxylic acids is 1. The summed E-state index contributed by atoms with van der Waals surface area (Å²) in [5.74, 6) is -0.0361. The molecule has 5 heteroatoms. The van der Waals surface area contributed by atoms with Gasteiger partial charge in [0.1, 0.15) is 0 Å². The molecule has 1 aromatic carbocycles. The summed E-state index contributed by atoms with van der Waals surface area (Å²) < 4.78 is 0. The van der Waals surface area contributed by atoms with Crippen molar-refractivity contribution < 1.29 is 4.79 Å². The Bertz CT molecular complexity index is 427. The van der Waals surface area contributed by atoms with E-state index in [-0.39, 0.29) is 5.91 Å². The van der Waals surface area contributed by atoms with E-state index in [1.54, 1.807) is 12.1 Å². The molecule has 2 rings (SSSR count). The second-order valence-corrected chi connectivity index (χ2v) is 4.37. The van der Waals surface area contributed by atoms with Crippen LogP contribution in [-0.2, 0) is 0 Å². The number of amides is 1. The van der Waals surface area contributed by atoms with E-state index in [2.05, 4.69) is 15.5 Å². The second kappa shape index (κ2) is 5.73. The van der Waals surface area contributed by atoms with Crippen molar-refractivity contribution in [1.82, 2.24) is 10.6 Å². The molecule has 0 aromatic heterocycles. The molecule has 1 fully saturated rings. The molecule has 0 radical (unpaired) electrons. The molecule has 0 spiro atoms. The molecule has 5 nitrogen and oxygen atoms in total. The Balaban J connectivity index is 2.30. The van der Waals surface area contributed by atoms with Crippen LogP contribution in [0.15, 0.2) is 18.2 Å². The molecule has 18 heavy (non-hydrogen) atoms. The summed E-state index contributed by atoms with van der Waals surface area (Å²) in [4.78, 5) is 14.2. The Kier molecular flexibility index (Phi) is 4.04. The van der Waals surface area contributed by atoms with Crippen molar-refractivity contribution in [2.75, 3.05) is 43.4 Å². The van der Waals surface area contributed by atoms with Crippen LogP contribution in [0.1, 0.15) is 17.3 Å². The minimum atomic E-state index is -0.0361. The largest absolute Gasteiger partial charge is 0.399 e. The highest BCUT2D eigenvalue weighted by molar-refractivity contribution is 6.00. The fourth-order valence-corrected chi connectivity index (χ4v) is 2.16. The highest BCUT2D eigenvalue weighted by Gasteiger charge is 2.18. The van der Waals surface area contributed by atoms with Crippen LogP contribution in [-0.4, -0.2) is 38.6 Å². The highest BCUT2D eigenvalue weighted by atomic mass is 16.1. The number of nitrogens with zero attached hydrogens (tertiary/aromatic N) is 1. The monoisotopic (exact) mass is 248 g/mol. The molecule has 0 unspecified atom stereocenters. The van der Waals surface area contributed by atoms with Crippen molar-refractivity contribution in [2.24, 2.45) is 0 Å². The van der Waals surface area contributed by atoms with Crippen LogP contribution in [0.4, 0.5) is 11.4 Å². The van der Waals surface area contributed by atoms with Gasteiger partial charge in [0.15, 0.2) is 0 Å². The van der Waals surface area contributed by atoms with E-state index in [1.165, 1.54) is 0 Å². The molecule has 1 saturated heterocycles. The van der Waals surface area contributed by atoms with E-state index >= 15 is 0 Å². The Morgan fingerprint density at radius 2 is 2.17 bits per heavy atom. The van der Waals surface area contributed by atoms with Gasteiger partial charge in [-0.1, -0.05) is 0 Å². The van der Waals surface area contributed by atoms with Crippen molar-refractivity contribution in [3.05, 3.63) is 23.8 Å². The molecular weight excluding hydrogens is 228 g/mol.